The molecule has 0 radical (unpaired) electrons. The van der Waals surface area contributed by atoms with Crippen LogP contribution >= 0.6 is 0 Å². The molecule has 0 N–H and O–H groups in total. The highest BCUT2D eigenvalue weighted by Crippen LogP contribution is 2.63. The average molecular weight is 723 g/mol. The van der Waals surface area contributed by atoms with Gasteiger partial charge in [0.2, 0.25) is 0 Å². The fourth-order valence-corrected chi connectivity index (χ4v) is 9.66. The molecule has 0 atom stereocenters. The SMILES string of the molecule is c1ccc(-c2ccc3ccc4ccc(-c5ccc(-c6ccc(-c7ccc8c(c7)C7(c9ccccc9-c9ccccc97)c7ccccc7-8)cc6)cc5)nc4c3n2)cc1. The van der Waals surface area contributed by atoms with Crippen molar-refractivity contribution in [3.05, 3.63) is 229 Å². The maximum Gasteiger partial charge on any atom is 0.0972 e. The van der Waals surface area contributed by atoms with Gasteiger partial charge in [0, 0.05) is 21.9 Å². The minimum atomic E-state index is -0.342. The number of pyridine rings is 2. The standard InChI is InChI=1S/C55H34N2/c1-2-10-38(11-3-1)51-32-29-40-26-27-41-30-33-52(57-54(41)53(40)56-51)39-24-22-36(23-25-39)35-18-20-37(21-19-35)42-28-31-46-45-14-6-9-17-49(45)55(50(46)34-42)47-15-7-4-12-43(47)44-13-5-8-16-48(44)55/h1-34H. The summed E-state index contributed by atoms with van der Waals surface area (Å²) in [6, 6.07) is 75.0. The molecule has 0 aliphatic heterocycles. The Morgan fingerprint density at radius 1 is 0.263 bits per heavy atom. The van der Waals surface area contributed by atoms with E-state index in [0.29, 0.717) is 0 Å². The second-order valence-electron chi connectivity index (χ2n) is 15.3. The summed E-state index contributed by atoms with van der Waals surface area (Å²) in [5, 5.41) is 2.17. The van der Waals surface area contributed by atoms with Crippen LogP contribution in [0.1, 0.15) is 22.3 Å². The van der Waals surface area contributed by atoms with Crippen LogP contribution in [0, 0.1) is 0 Å². The normalized spacial score (nSPS) is 13.1. The predicted octanol–water partition coefficient (Wildman–Crippen LogP) is 13.8. The molecule has 0 fully saturated rings. The zero-order valence-electron chi connectivity index (χ0n) is 31.0. The van der Waals surface area contributed by atoms with Gasteiger partial charge >= 0.3 is 0 Å². The van der Waals surface area contributed by atoms with E-state index in [1.54, 1.807) is 0 Å². The van der Waals surface area contributed by atoms with E-state index in [1.807, 2.05) is 6.07 Å². The highest BCUT2D eigenvalue weighted by molar-refractivity contribution is 6.04. The van der Waals surface area contributed by atoms with Gasteiger partial charge in [0.05, 0.1) is 27.8 Å². The maximum atomic E-state index is 5.18. The summed E-state index contributed by atoms with van der Waals surface area (Å²) >= 11 is 0. The molecule has 264 valence electrons. The van der Waals surface area contributed by atoms with Crippen molar-refractivity contribution < 1.29 is 0 Å². The minimum Gasteiger partial charge on any atom is -0.245 e. The third kappa shape index (κ3) is 4.71. The lowest BCUT2D eigenvalue weighted by Crippen LogP contribution is -2.25. The molecule has 0 bridgehead atoms. The Balaban J connectivity index is 0.883. The molecule has 2 aliphatic rings. The molecule has 2 heteroatoms. The molecule has 10 aromatic rings. The summed E-state index contributed by atoms with van der Waals surface area (Å²) in [6.45, 7) is 0. The maximum absolute atomic E-state index is 5.18. The third-order valence-electron chi connectivity index (χ3n) is 12.3. The first-order chi connectivity index (χ1) is 28.2. The number of hydrogen-bond donors (Lipinski definition) is 0. The van der Waals surface area contributed by atoms with Gasteiger partial charge in [-0.1, -0.05) is 188 Å². The lowest BCUT2D eigenvalue weighted by atomic mass is 9.70. The lowest BCUT2D eigenvalue weighted by Gasteiger charge is -2.30. The van der Waals surface area contributed by atoms with Crippen LogP contribution in [0.3, 0.4) is 0 Å². The van der Waals surface area contributed by atoms with Gasteiger partial charge in [0.25, 0.3) is 0 Å². The van der Waals surface area contributed by atoms with Gasteiger partial charge in [-0.15, -0.1) is 0 Å². The Bertz CT molecular complexity index is 3150. The summed E-state index contributed by atoms with van der Waals surface area (Å²) < 4.78 is 0. The topological polar surface area (TPSA) is 25.8 Å². The molecule has 57 heavy (non-hydrogen) atoms. The second kappa shape index (κ2) is 12.3. The zero-order valence-corrected chi connectivity index (χ0v) is 31.0. The van der Waals surface area contributed by atoms with Crippen molar-refractivity contribution in [3.8, 4) is 67.0 Å². The molecule has 0 amide bonds. The van der Waals surface area contributed by atoms with Crippen molar-refractivity contribution in [2.45, 2.75) is 5.41 Å². The van der Waals surface area contributed by atoms with Crippen LogP contribution in [0.25, 0.3) is 88.8 Å². The van der Waals surface area contributed by atoms with Gasteiger partial charge < -0.3 is 0 Å². The second-order valence-corrected chi connectivity index (χ2v) is 15.3. The molecule has 0 saturated carbocycles. The van der Waals surface area contributed by atoms with Crippen molar-refractivity contribution in [1.29, 1.82) is 0 Å². The quantitative estimate of drug-likeness (QED) is 0.169. The molecular weight excluding hydrogens is 689 g/mol. The van der Waals surface area contributed by atoms with Gasteiger partial charge in [-0.05, 0) is 85.0 Å². The van der Waals surface area contributed by atoms with Gasteiger partial charge in [-0.25, -0.2) is 9.97 Å². The molecule has 2 aliphatic carbocycles. The highest BCUT2D eigenvalue weighted by Gasteiger charge is 2.51. The highest BCUT2D eigenvalue weighted by atomic mass is 14.8. The molecule has 2 heterocycles. The monoisotopic (exact) mass is 722 g/mol. The molecule has 12 rings (SSSR count). The van der Waals surface area contributed by atoms with Crippen LogP contribution in [0.2, 0.25) is 0 Å². The van der Waals surface area contributed by atoms with E-state index in [4.69, 9.17) is 9.97 Å². The molecule has 2 nitrogen and oxygen atoms in total. The first-order valence-corrected chi connectivity index (χ1v) is 19.6. The molecule has 8 aromatic carbocycles. The van der Waals surface area contributed by atoms with E-state index in [1.165, 1.54) is 66.8 Å². The summed E-state index contributed by atoms with van der Waals surface area (Å²) in [5.41, 5.74) is 21.1. The molecule has 0 unspecified atom stereocenters. The summed E-state index contributed by atoms with van der Waals surface area (Å²) in [7, 11) is 0. The molecule has 2 aromatic heterocycles. The predicted molar refractivity (Wildman–Crippen MR) is 235 cm³/mol. The van der Waals surface area contributed by atoms with Gasteiger partial charge in [0.15, 0.2) is 0 Å². The van der Waals surface area contributed by atoms with Crippen molar-refractivity contribution in [3.63, 3.8) is 0 Å². The smallest absolute Gasteiger partial charge is 0.0972 e. The average Bonchev–Trinajstić information content (AvgIpc) is 3.76. The van der Waals surface area contributed by atoms with Crippen molar-refractivity contribution in [2.75, 3.05) is 0 Å². The fraction of sp³-hybridized carbons (Fsp3) is 0.0182. The van der Waals surface area contributed by atoms with Gasteiger partial charge in [-0.2, -0.15) is 0 Å². The van der Waals surface area contributed by atoms with Crippen LogP contribution in [-0.4, -0.2) is 9.97 Å². The van der Waals surface area contributed by atoms with E-state index < -0.39 is 0 Å². The van der Waals surface area contributed by atoms with E-state index in [0.717, 1.165) is 44.3 Å². The molecular formula is C55H34N2. The Morgan fingerprint density at radius 2 is 0.632 bits per heavy atom. The van der Waals surface area contributed by atoms with Crippen molar-refractivity contribution in [1.82, 2.24) is 9.97 Å². The Hall–Kier alpha value is -7.42. The van der Waals surface area contributed by atoms with Crippen LogP contribution < -0.4 is 0 Å². The number of rotatable bonds is 4. The van der Waals surface area contributed by atoms with Crippen molar-refractivity contribution >= 4 is 21.8 Å². The number of hydrogen-bond acceptors (Lipinski definition) is 2. The van der Waals surface area contributed by atoms with Crippen LogP contribution in [0.5, 0.6) is 0 Å². The van der Waals surface area contributed by atoms with Crippen LogP contribution in [0.15, 0.2) is 206 Å². The first-order valence-electron chi connectivity index (χ1n) is 19.6. The lowest BCUT2D eigenvalue weighted by molar-refractivity contribution is 0.794. The zero-order chi connectivity index (χ0) is 37.5. The van der Waals surface area contributed by atoms with E-state index >= 15 is 0 Å². The van der Waals surface area contributed by atoms with E-state index in [-0.39, 0.29) is 5.41 Å². The largest absolute Gasteiger partial charge is 0.245 e. The Morgan fingerprint density at radius 3 is 1.14 bits per heavy atom. The molecule has 1 spiro atoms. The number of fused-ring (bicyclic) bond motifs is 13. The molecule has 0 saturated heterocycles. The third-order valence-corrected chi connectivity index (χ3v) is 12.3. The summed E-state index contributed by atoms with van der Waals surface area (Å²) in [5.74, 6) is 0. The van der Waals surface area contributed by atoms with Gasteiger partial charge in [0.1, 0.15) is 0 Å². The Kier molecular flexibility index (Phi) is 6.88. The number of aromatic nitrogens is 2. The summed E-state index contributed by atoms with van der Waals surface area (Å²) in [6.07, 6.45) is 0. The minimum absolute atomic E-state index is 0.342. The Labute approximate surface area is 331 Å². The fourth-order valence-electron chi connectivity index (χ4n) is 9.66. The van der Waals surface area contributed by atoms with E-state index in [2.05, 4.69) is 200 Å². The van der Waals surface area contributed by atoms with Crippen LogP contribution in [-0.2, 0) is 5.41 Å². The first kappa shape index (κ1) is 31.9. The number of benzene rings is 8. The summed E-state index contributed by atoms with van der Waals surface area (Å²) in [4.78, 5) is 10.3. The van der Waals surface area contributed by atoms with Crippen LogP contribution in [0.4, 0.5) is 0 Å². The van der Waals surface area contributed by atoms with Gasteiger partial charge in [-0.3, -0.25) is 0 Å². The number of nitrogens with zero attached hydrogens (tertiary/aromatic N) is 2. The van der Waals surface area contributed by atoms with E-state index in [9.17, 15) is 0 Å². The van der Waals surface area contributed by atoms with Crippen molar-refractivity contribution in [2.24, 2.45) is 0 Å².